The Morgan fingerprint density at radius 2 is 1.68 bits per heavy atom. The highest BCUT2D eigenvalue weighted by molar-refractivity contribution is 7.92. The number of nitrogens with zero attached hydrogens (tertiary/aromatic N) is 2. The van der Waals surface area contributed by atoms with Gasteiger partial charge in [-0.1, -0.05) is 53.6 Å². The zero-order valence-electron chi connectivity index (χ0n) is 21.7. The van der Waals surface area contributed by atoms with Crippen LogP contribution >= 0.6 is 11.6 Å². The molecule has 2 amide bonds. The minimum atomic E-state index is -4.22. The molecule has 0 heterocycles. The quantitative estimate of drug-likeness (QED) is 0.385. The predicted octanol–water partition coefficient (Wildman–Crippen LogP) is 4.84. The fourth-order valence-corrected chi connectivity index (χ4v) is 5.55. The molecule has 38 heavy (non-hydrogen) atoms. The summed E-state index contributed by atoms with van der Waals surface area (Å²) in [5, 5.41) is 2.96. The average Bonchev–Trinajstić information content (AvgIpc) is 2.88. The van der Waals surface area contributed by atoms with Gasteiger partial charge in [-0.2, -0.15) is 0 Å². The van der Waals surface area contributed by atoms with Crippen molar-refractivity contribution in [3.63, 3.8) is 0 Å². The number of hydrogen-bond acceptors (Lipinski definition) is 4. The minimum Gasteiger partial charge on any atom is -0.355 e. The highest BCUT2D eigenvalue weighted by Gasteiger charge is 2.33. The Balaban J connectivity index is 2.09. The second kappa shape index (κ2) is 12.4. The van der Waals surface area contributed by atoms with Crippen molar-refractivity contribution in [1.82, 2.24) is 10.2 Å². The zero-order chi connectivity index (χ0) is 28.0. The summed E-state index contributed by atoms with van der Waals surface area (Å²) in [6.45, 7) is 6.29. The lowest BCUT2D eigenvalue weighted by molar-refractivity contribution is -0.139. The van der Waals surface area contributed by atoms with Gasteiger partial charge in [0.1, 0.15) is 18.4 Å². The first-order chi connectivity index (χ1) is 17.9. The molecular formula is C28H31ClFN3O4S. The molecule has 0 aliphatic rings. The molecule has 0 bridgehead atoms. The maximum Gasteiger partial charge on any atom is 0.264 e. The van der Waals surface area contributed by atoms with E-state index in [2.05, 4.69) is 5.32 Å². The van der Waals surface area contributed by atoms with Crippen molar-refractivity contribution in [3.05, 3.63) is 94.3 Å². The summed E-state index contributed by atoms with van der Waals surface area (Å²) in [6, 6.07) is 16.0. The predicted molar refractivity (Wildman–Crippen MR) is 147 cm³/mol. The fraction of sp³-hybridized carbons (Fsp3) is 0.286. The fourth-order valence-electron chi connectivity index (χ4n) is 3.92. The Morgan fingerprint density at radius 1 is 1.03 bits per heavy atom. The van der Waals surface area contributed by atoms with E-state index in [1.807, 2.05) is 6.92 Å². The van der Waals surface area contributed by atoms with Gasteiger partial charge in [-0.25, -0.2) is 12.8 Å². The van der Waals surface area contributed by atoms with Gasteiger partial charge >= 0.3 is 0 Å². The van der Waals surface area contributed by atoms with Gasteiger partial charge in [-0.15, -0.1) is 0 Å². The van der Waals surface area contributed by atoms with E-state index in [0.29, 0.717) is 17.1 Å². The van der Waals surface area contributed by atoms with E-state index in [-0.39, 0.29) is 22.7 Å². The van der Waals surface area contributed by atoms with E-state index in [1.54, 1.807) is 44.2 Å². The lowest BCUT2D eigenvalue weighted by Gasteiger charge is -2.32. The Morgan fingerprint density at radius 3 is 2.32 bits per heavy atom. The standard InChI is InChI=1S/C28H31ClFN3O4S/c1-5-31-28(35)21(4)32(17-22-8-6-7-9-25(22)30)27(34)18-33(26-16-23(29)13-12-20(26)3)38(36,37)24-14-10-19(2)11-15-24/h6-16,21H,5,17-18H2,1-4H3,(H,31,35). The van der Waals surface area contributed by atoms with Crippen LogP contribution in [-0.2, 0) is 26.2 Å². The number of benzene rings is 3. The van der Waals surface area contributed by atoms with Crippen LogP contribution < -0.4 is 9.62 Å². The Kier molecular flexibility index (Phi) is 9.51. The number of carbonyl (C=O) groups is 2. The average molecular weight is 560 g/mol. The molecule has 7 nitrogen and oxygen atoms in total. The van der Waals surface area contributed by atoms with Gasteiger partial charge in [-0.3, -0.25) is 13.9 Å². The molecule has 0 saturated carbocycles. The van der Waals surface area contributed by atoms with Crippen LogP contribution in [0.5, 0.6) is 0 Å². The zero-order valence-corrected chi connectivity index (χ0v) is 23.3. The van der Waals surface area contributed by atoms with E-state index in [0.717, 1.165) is 9.87 Å². The second-order valence-corrected chi connectivity index (χ2v) is 11.2. The molecule has 1 unspecified atom stereocenters. The van der Waals surface area contributed by atoms with E-state index in [9.17, 15) is 22.4 Å². The van der Waals surface area contributed by atoms with E-state index < -0.39 is 40.2 Å². The number of aryl methyl sites for hydroxylation is 2. The van der Waals surface area contributed by atoms with Gasteiger partial charge in [0.05, 0.1) is 10.6 Å². The third kappa shape index (κ3) is 6.71. The summed E-state index contributed by atoms with van der Waals surface area (Å²) in [4.78, 5) is 27.7. The lowest BCUT2D eigenvalue weighted by Crippen LogP contribution is -2.51. The highest BCUT2D eigenvalue weighted by atomic mass is 35.5. The maximum atomic E-state index is 14.5. The molecule has 3 rings (SSSR count). The Bertz CT molecular complexity index is 1410. The van der Waals surface area contributed by atoms with Crippen LogP contribution in [0.1, 0.15) is 30.5 Å². The van der Waals surface area contributed by atoms with Crippen LogP contribution in [0.15, 0.2) is 71.6 Å². The monoisotopic (exact) mass is 559 g/mol. The van der Waals surface area contributed by atoms with Crippen LogP contribution in [0.25, 0.3) is 0 Å². The molecule has 0 aromatic heterocycles. The van der Waals surface area contributed by atoms with Crippen molar-refractivity contribution >= 4 is 39.1 Å². The first kappa shape index (κ1) is 29.1. The first-order valence-corrected chi connectivity index (χ1v) is 13.9. The van der Waals surface area contributed by atoms with Crippen LogP contribution in [-0.4, -0.2) is 44.3 Å². The van der Waals surface area contributed by atoms with E-state index >= 15 is 0 Å². The number of hydrogen-bond donors (Lipinski definition) is 1. The molecule has 3 aromatic carbocycles. The first-order valence-electron chi connectivity index (χ1n) is 12.1. The summed E-state index contributed by atoms with van der Waals surface area (Å²) in [6.07, 6.45) is 0. The van der Waals surface area contributed by atoms with Crippen LogP contribution in [0.2, 0.25) is 5.02 Å². The number of anilines is 1. The highest BCUT2D eigenvalue weighted by Crippen LogP contribution is 2.30. The van der Waals surface area contributed by atoms with Crippen LogP contribution in [0.3, 0.4) is 0 Å². The second-order valence-electron chi connectivity index (χ2n) is 8.94. The van der Waals surface area contributed by atoms with Gasteiger partial charge in [-0.05, 0) is 63.6 Å². The smallest absolute Gasteiger partial charge is 0.264 e. The van der Waals surface area contributed by atoms with E-state index in [1.165, 1.54) is 48.2 Å². The molecule has 0 aliphatic heterocycles. The molecule has 0 spiro atoms. The SMILES string of the molecule is CCNC(=O)C(C)N(Cc1ccccc1F)C(=O)CN(c1cc(Cl)ccc1C)S(=O)(=O)c1ccc(C)cc1. The topological polar surface area (TPSA) is 86.8 Å². The molecule has 1 N–H and O–H groups in total. The van der Waals surface area contributed by atoms with Crippen molar-refractivity contribution in [3.8, 4) is 0 Å². The van der Waals surface area contributed by atoms with Crippen molar-refractivity contribution in [2.24, 2.45) is 0 Å². The summed E-state index contributed by atoms with van der Waals surface area (Å²) in [5.41, 5.74) is 1.87. The van der Waals surface area contributed by atoms with Crippen molar-refractivity contribution in [2.45, 2.75) is 45.2 Å². The summed E-state index contributed by atoms with van der Waals surface area (Å²) in [5.74, 6) is -1.66. The largest absolute Gasteiger partial charge is 0.355 e. The third-order valence-corrected chi connectivity index (χ3v) is 8.15. The number of nitrogens with one attached hydrogen (secondary N) is 1. The summed E-state index contributed by atoms with van der Waals surface area (Å²) in [7, 11) is -4.22. The minimum absolute atomic E-state index is 0.00676. The number of amides is 2. The van der Waals surface area contributed by atoms with E-state index in [4.69, 9.17) is 11.6 Å². The van der Waals surface area contributed by atoms with Crippen molar-refractivity contribution < 1.29 is 22.4 Å². The number of rotatable bonds is 10. The molecule has 0 aliphatic carbocycles. The van der Waals surface area contributed by atoms with Gasteiger partial charge in [0.25, 0.3) is 10.0 Å². The normalized spacial score (nSPS) is 12.1. The number of likely N-dealkylation sites (N-methyl/N-ethyl adjacent to an activating group) is 1. The van der Waals surface area contributed by atoms with Gasteiger partial charge in [0.2, 0.25) is 11.8 Å². The molecule has 202 valence electrons. The van der Waals surface area contributed by atoms with Gasteiger partial charge in [0, 0.05) is 23.7 Å². The number of halogens is 2. The molecule has 0 radical (unpaired) electrons. The van der Waals surface area contributed by atoms with Gasteiger partial charge in [0.15, 0.2) is 0 Å². The maximum absolute atomic E-state index is 14.5. The summed E-state index contributed by atoms with van der Waals surface area (Å²) >= 11 is 6.22. The molecule has 0 saturated heterocycles. The van der Waals surface area contributed by atoms with Crippen molar-refractivity contribution in [1.29, 1.82) is 0 Å². The van der Waals surface area contributed by atoms with Crippen molar-refractivity contribution in [2.75, 3.05) is 17.4 Å². The molecular weight excluding hydrogens is 529 g/mol. The number of carbonyl (C=O) groups excluding carboxylic acids is 2. The Hall–Kier alpha value is -3.43. The third-order valence-electron chi connectivity index (χ3n) is 6.14. The molecule has 0 fully saturated rings. The summed E-state index contributed by atoms with van der Waals surface area (Å²) < 4.78 is 43.2. The number of sulfonamides is 1. The Labute approximate surface area is 228 Å². The lowest BCUT2D eigenvalue weighted by atomic mass is 10.1. The van der Waals surface area contributed by atoms with Gasteiger partial charge < -0.3 is 10.2 Å². The van der Waals surface area contributed by atoms with Crippen LogP contribution in [0, 0.1) is 19.7 Å². The molecule has 10 heteroatoms. The molecule has 3 aromatic rings. The van der Waals surface area contributed by atoms with Crippen LogP contribution in [0.4, 0.5) is 10.1 Å². The molecule has 1 atom stereocenters.